The van der Waals surface area contributed by atoms with Crippen molar-refractivity contribution < 1.29 is 19.4 Å². The molecule has 0 saturated carbocycles. The van der Waals surface area contributed by atoms with Gasteiger partial charge in [-0.1, -0.05) is 0 Å². The Balaban J connectivity index is 2.37. The summed E-state index contributed by atoms with van der Waals surface area (Å²) in [7, 11) is 3.10. The first-order chi connectivity index (χ1) is 9.65. The fourth-order valence-electron chi connectivity index (χ4n) is 1.81. The topological polar surface area (TPSA) is 93.6 Å². The Morgan fingerprint density at radius 2 is 1.95 bits per heavy atom. The first-order valence-corrected chi connectivity index (χ1v) is 5.98. The number of aromatic nitrogens is 2. The van der Waals surface area contributed by atoms with Crippen molar-refractivity contribution in [3.8, 4) is 11.5 Å². The molecule has 0 aliphatic heterocycles. The van der Waals surface area contributed by atoms with Crippen LogP contribution in [0.25, 0.3) is 10.9 Å². The summed E-state index contributed by atoms with van der Waals surface area (Å²) in [6, 6.07) is 3.51. The Bertz CT molecular complexity index is 630. The maximum atomic E-state index is 10.5. The van der Waals surface area contributed by atoms with E-state index in [1.54, 1.807) is 26.4 Å². The minimum absolute atomic E-state index is 0.0127. The normalized spacial score (nSPS) is 10.3. The van der Waals surface area contributed by atoms with E-state index in [9.17, 15) is 4.79 Å². The van der Waals surface area contributed by atoms with Crippen LogP contribution in [0.2, 0.25) is 0 Å². The van der Waals surface area contributed by atoms with Crippen LogP contribution in [0.15, 0.2) is 18.5 Å². The van der Waals surface area contributed by atoms with Crippen molar-refractivity contribution in [2.75, 3.05) is 26.1 Å². The van der Waals surface area contributed by atoms with Crippen LogP contribution in [-0.4, -0.2) is 41.8 Å². The molecule has 2 rings (SSSR count). The Morgan fingerprint density at radius 3 is 2.60 bits per heavy atom. The number of carboxylic acid groups (broad SMARTS) is 1. The average Bonchev–Trinajstić information content (AvgIpc) is 2.45. The number of carboxylic acids is 1. The van der Waals surface area contributed by atoms with Gasteiger partial charge in [-0.25, -0.2) is 9.97 Å². The third-order valence-corrected chi connectivity index (χ3v) is 2.77. The highest BCUT2D eigenvalue weighted by Crippen LogP contribution is 2.33. The van der Waals surface area contributed by atoms with E-state index in [2.05, 4.69) is 15.3 Å². The van der Waals surface area contributed by atoms with Crippen LogP contribution in [0.4, 0.5) is 5.82 Å². The molecule has 0 amide bonds. The first-order valence-electron chi connectivity index (χ1n) is 5.98. The first kappa shape index (κ1) is 13.9. The lowest BCUT2D eigenvalue weighted by molar-refractivity contribution is -0.136. The van der Waals surface area contributed by atoms with E-state index in [1.165, 1.54) is 6.33 Å². The van der Waals surface area contributed by atoms with Crippen LogP contribution in [0, 0.1) is 0 Å². The van der Waals surface area contributed by atoms with E-state index < -0.39 is 5.97 Å². The van der Waals surface area contributed by atoms with Crippen molar-refractivity contribution in [3.63, 3.8) is 0 Å². The highest BCUT2D eigenvalue weighted by Gasteiger charge is 2.10. The molecular formula is C13H15N3O4. The summed E-state index contributed by atoms with van der Waals surface area (Å²) in [5.41, 5.74) is 0.690. The van der Waals surface area contributed by atoms with Gasteiger partial charge >= 0.3 is 5.97 Å². The molecule has 0 radical (unpaired) electrons. The number of nitrogens with zero attached hydrogens (tertiary/aromatic N) is 2. The van der Waals surface area contributed by atoms with Crippen LogP contribution >= 0.6 is 0 Å². The smallest absolute Gasteiger partial charge is 0.305 e. The van der Waals surface area contributed by atoms with Crippen molar-refractivity contribution in [1.29, 1.82) is 0 Å². The number of benzene rings is 1. The second-order valence-electron chi connectivity index (χ2n) is 4.02. The molecule has 0 atom stereocenters. The molecule has 1 aromatic carbocycles. The molecule has 0 aliphatic carbocycles. The molecule has 0 unspecified atom stereocenters. The molecule has 0 spiro atoms. The molecule has 20 heavy (non-hydrogen) atoms. The van der Waals surface area contributed by atoms with Gasteiger partial charge in [0.15, 0.2) is 11.5 Å². The Labute approximate surface area is 115 Å². The van der Waals surface area contributed by atoms with E-state index in [4.69, 9.17) is 14.6 Å². The van der Waals surface area contributed by atoms with Gasteiger partial charge in [0.1, 0.15) is 12.1 Å². The Kier molecular flexibility index (Phi) is 4.19. The predicted octanol–water partition coefficient (Wildman–Crippen LogP) is 1.53. The highest BCUT2D eigenvalue weighted by atomic mass is 16.5. The third-order valence-electron chi connectivity index (χ3n) is 2.77. The number of hydrogen-bond acceptors (Lipinski definition) is 6. The van der Waals surface area contributed by atoms with Crippen LogP contribution < -0.4 is 14.8 Å². The van der Waals surface area contributed by atoms with Gasteiger partial charge in [0.05, 0.1) is 26.2 Å². The van der Waals surface area contributed by atoms with Gasteiger partial charge in [-0.15, -0.1) is 0 Å². The molecule has 0 fully saturated rings. The summed E-state index contributed by atoms with van der Waals surface area (Å²) in [5.74, 6) is 0.846. The van der Waals surface area contributed by atoms with E-state index in [0.717, 1.165) is 5.39 Å². The number of methoxy groups -OCH3 is 2. The Hall–Kier alpha value is -2.57. The molecule has 1 heterocycles. The zero-order valence-corrected chi connectivity index (χ0v) is 11.2. The molecule has 7 nitrogen and oxygen atoms in total. The lowest BCUT2D eigenvalue weighted by atomic mass is 10.2. The minimum Gasteiger partial charge on any atom is -0.493 e. The summed E-state index contributed by atoms with van der Waals surface area (Å²) >= 11 is 0. The van der Waals surface area contributed by atoms with E-state index in [0.29, 0.717) is 22.8 Å². The molecule has 7 heteroatoms. The minimum atomic E-state index is -0.866. The zero-order valence-electron chi connectivity index (χ0n) is 11.2. The van der Waals surface area contributed by atoms with E-state index >= 15 is 0 Å². The zero-order chi connectivity index (χ0) is 14.5. The predicted molar refractivity (Wildman–Crippen MR) is 73.4 cm³/mol. The fraction of sp³-hybridized carbons (Fsp3) is 0.308. The van der Waals surface area contributed by atoms with E-state index in [1.807, 2.05) is 0 Å². The van der Waals surface area contributed by atoms with Gasteiger partial charge in [0.2, 0.25) is 0 Å². The summed E-state index contributed by atoms with van der Waals surface area (Å²) in [4.78, 5) is 18.8. The number of rotatable bonds is 6. The van der Waals surface area contributed by atoms with Gasteiger partial charge in [0.25, 0.3) is 0 Å². The summed E-state index contributed by atoms with van der Waals surface area (Å²) in [6.45, 7) is 0.287. The number of ether oxygens (including phenoxy) is 2. The quantitative estimate of drug-likeness (QED) is 0.827. The van der Waals surface area contributed by atoms with Gasteiger partial charge < -0.3 is 19.9 Å². The van der Waals surface area contributed by atoms with Crippen LogP contribution in [0.1, 0.15) is 6.42 Å². The van der Waals surface area contributed by atoms with Crippen molar-refractivity contribution in [2.24, 2.45) is 0 Å². The standard InChI is InChI=1S/C13H15N3O4/c1-19-10-5-8-9(6-11(10)20-2)15-7-16-13(8)14-4-3-12(17)18/h5-7H,3-4H2,1-2H3,(H,17,18)(H,14,15,16). The number of hydrogen-bond donors (Lipinski definition) is 2. The average molecular weight is 277 g/mol. The molecule has 106 valence electrons. The van der Waals surface area contributed by atoms with Crippen LogP contribution in [0.3, 0.4) is 0 Å². The van der Waals surface area contributed by atoms with Gasteiger partial charge in [-0.3, -0.25) is 4.79 Å². The van der Waals surface area contributed by atoms with Gasteiger partial charge in [0, 0.05) is 18.0 Å². The highest BCUT2D eigenvalue weighted by molar-refractivity contribution is 5.91. The van der Waals surface area contributed by atoms with Crippen LogP contribution in [0.5, 0.6) is 11.5 Å². The largest absolute Gasteiger partial charge is 0.493 e. The molecule has 1 aromatic heterocycles. The number of anilines is 1. The summed E-state index contributed by atoms with van der Waals surface area (Å²) < 4.78 is 10.5. The van der Waals surface area contributed by atoms with Crippen molar-refractivity contribution in [1.82, 2.24) is 9.97 Å². The third kappa shape index (κ3) is 2.87. The number of nitrogens with one attached hydrogen (secondary N) is 1. The van der Waals surface area contributed by atoms with Gasteiger partial charge in [-0.05, 0) is 6.07 Å². The lowest BCUT2D eigenvalue weighted by Gasteiger charge is -2.11. The number of aliphatic carboxylic acids is 1. The van der Waals surface area contributed by atoms with Gasteiger partial charge in [-0.2, -0.15) is 0 Å². The van der Waals surface area contributed by atoms with Crippen molar-refractivity contribution in [3.05, 3.63) is 18.5 Å². The number of fused-ring (bicyclic) bond motifs is 1. The maximum absolute atomic E-state index is 10.5. The lowest BCUT2D eigenvalue weighted by Crippen LogP contribution is -2.09. The Morgan fingerprint density at radius 1 is 1.25 bits per heavy atom. The fourth-order valence-corrected chi connectivity index (χ4v) is 1.81. The van der Waals surface area contributed by atoms with E-state index in [-0.39, 0.29) is 13.0 Å². The SMILES string of the molecule is COc1cc2ncnc(NCCC(=O)O)c2cc1OC. The monoisotopic (exact) mass is 277 g/mol. The second kappa shape index (κ2) is 6.05. The molecule has 2 N–H and O–H groups in total. The summed E-state index contributed by atoms with van der Waals surface area (Å²) in [6.07, 6.45) is 1.43. The summed E-state index contributed by atoms with van der Waals surface area (Å²) in [5, 5.41) is 12.4. The molecule has 0 aliphatic rings. The maximum Gasteiger partial charge on any atom is 0.305 e. The number of carbonyl (C=O) groups is 1. The van der Waals surface area contributed by atoms with Crippen LogP contribution in [-0.2, 0) is 4.79 Å². The van der Waals surface area contributed by atoms with Crippen molar-refractivity contribution in [2.45, 2.75) is 6.42 Å². The molecule has 2 aromatic rings. The molecule has 0 bridgehead atoms. The van der Waals surface area contributed by atoms with Crippen molar-refractivity contribution >= 4 is 22.7 Å². The molecular weight excluding hydrogens is 262 g/mol. The molecule has 0 saturated heterocycles. The second-order valence-corrected chi connectivity index (χ2v) is 4.02.